The van der Waals surface area contributed by atoms with Crippen LogP contribution in [0.15, 0.2) is 12.1 Å². The molecule has 1 rings (SSSR count). The number of hydrogen-bond donors (Lipinski definition) is 1. The summed E-state index contributed by atoms with van der Waals surface area (Å²) in [6.45, 7) is 4.04. The number of hydrogen-bond acceptors (Lipinski definition) is 2. The van der Waals surface area contributed by atoms with E-state index in [0.717, 1.165) is 12.8 Å². The van der Waals surface area contributed by atoms with Crippen LogP contribution in [0, 0.1) is 9.39 Å². The Labute approximate surface area is 103 Å². The van der Waals surface area contributed by atoms with Gasteiger partial charge in [0.2, 0.25) is 0 Å². The van der Waals surface area contributed by atoms with E-state index in [0.29, 0.717) is 15.0 Å². The second-order valence-electron chi connectivity index (χ2n) is 3.52. The van der Waals surface area contributed by atoms with Gasteiger partial charge in [0.15, 0.2) is 0 Å². The lowest BCUT2D eigenvalue weighted by molar-refractivity contribution is 0.210. The molecule has 0 amide bonds. The summed E-state index contributed by atoms with van der Waals surface area (Å²) in [4.78, 5) is 0. The van der Waals surface area contributed by atoms with Crippen LogP contribution < -0.4 is 10.5 Å². The van der Waals surface area contributed by atoms with Crippen molar-refractivity contribution < 1.29 is 9.13 Å². The molecule has 0 heterocycles. The van der Waals surface area contributed by atoms with Crippen LogP contribution >= 0.6 is 22.6 Å². The quantitative estimate of drug-likeness (QED) is 0.679. The SMILES string of the molecule is CCCC(C)Oc1cc(F)c(I)cc1N. The maximum absolute atomic E-state index is 13.3. The van der Waals surface area contributed by atoms with E-state index in [2.05, 4.69) is 6.92 Å². The van der Waals surface area contributed by atoms with Gasteiger partial charge in [0.25, 0.3) is 0 Å². The second-order valence-corrected chi connectivity index (χ2v) is 4.68. The first-order valence-electron chi connectivity index (χ1n) is 4.95. The Hall–Kier alpha value is -0.520. The molecule has 1 atom stereocenters. The average molecular weight is 323 g/mol. The molecule has 0 aliphatic heterocycles. The van der Waals surface area contributed by atoms with E-state index in [1.165, 1.54) is 6.07 Å². The fourth-order valence-electron chi connectivity index (χ4n) is 1.33. The second kappa shape index (κ2) is 5.53. The van der Waals surface area contributed by atoms with Gasteiger partial charge in [0, 0.05) is 6.07 Å². The molecule has 4 heteroatoms. The Balaban J connectivity index is 2.81. The molecule has 0 spiro atoms. The molecule has 1 aromatic carbocycles. The van der Waals surface area contributed by atoms with Crippen molar-refractivity contribution in [1.82, 2.24) is 0 Å². The Morgan fingerprint density at radius 3 is 2.80 bits per heavy atom. The maximum Gasteiger partial charge on any atom is 0.145 e. The lowest BCUT2D eigenvalue weighted by Gasteiger charge is -2.15. The molecule has 2 nitrogen and oxygen atoms in total. The summed E-state index contributed by atoms with van der Waals surface area (Å²) in [5.41, 5.74) is 6.23. The van der Waals surface area contributed by atoms with E-state index >= 15 is 0 Å². The molecule has 0 fully saturated rings. The van der Waals surface area contributed by atoms with Gasteiger partial charge in [0.1, 0.15) is 11.6 Å². The van der Waals surface area contributed by atoms with Crippen LogP contribution in [0.25, 0.3) is 0 Å². The molecule has 0 aliphatic rings. The number of halogens is 2. The van der Waals surface area contributed by atoms with Gasteiger partial charge in [-0.05, 0) is 42.0 Å². The van der Waals surface area contributed by atoms with Crippen LogP contribution in [0.2, 0.25) is 0 Å². The molecule has 1 unspecified atom stereocenters. The summed E-state index contributed by atoms with van der Waals surface area (Å²) < 4.78 is 19.3. The summed E-state index contributed by atoms with van der Waals surface area (Å²) in [7, 11) is 0. The molecular weight excluding hydrogens is 308 g/mol. The van der Waals surface area contributed by atoms with Crippen molar-refractivity contribution in [3.05, 3.63) is 21.5 Å². The molecule has 0 saturated heterocycles. The summed E-state index contributed by atoms with van der Waals surface area (Å²) in [5, 5.41) is 0. The highest BCUT2D eigenvalue weighted by Gasteiger charge is 2.09. The normalized spacial score (nSPS) is 12.5. The molecular formula is C11H15FINO. The van der Waals surface area contributed by atoms with Crippen LogP contribution in [0.5, 0.6) is 5.75 Å². The number of anilines is 1. The van der Waals surface area contributed by atoms with Crippen LogP contribution in [-0.2, 0) is 0 Å². The van der Waals surface area contributed by atoms with Gasteiger partial charge in [0.05, 0.1) is 15.4 Å². The van der Waals surface area contributed by atoms with Crippen molar-refractivity contribution in [3.8, 4) is 5.75 Å². The van der Waals surface area contributed by atoms with Crippen molar-refractivity contribution in [2.75, 3.05) is 5.73 Å². The first-order chi connectivity index (χ1) is 7.04. The number of ether oxygens (including phenoxy) is 1. The number of nitrogen functional groups attached to an aromatic ring is 1. The minimum Gasteiger partial charge on any atom is -0.488 e. The van der Waals surface area contributed by atoms with Crippen LogP contribution in [-0.4, -0.2) is 6.10 Å². The van der Waals surface area contributed by atoms with Crippen LogP contribution in [0.3, 0.4) is 0 Å². The first kappa shape index (κ1) is 12.5. The third-order valence-electron chi connectivity index (χ3n) is 2.08. The largest absolute Gasteiger partial charge is 0.488 e. The summed E-state index contributed by atoms with van der Waals surface area (Å²) in [5.74, 6) is 0.150. The zero-order chi connectivity index (χ0) is 11.4. The number of rotatable bonds is 4. The summed E-state index contributed by atoms with van der Waals surface area (Å²) >= 11 is 1.91. The van der Waals surface area contributed by atoms with Gasteiger partial charge in [-0.15, -0.1) is 0 Å². The predicted octanol–water partition coefficient (Wildman–Crippen LogP) is 3.58. The van der Waals surface area contributed by atoms with Crippen molar-refractivity contribution in [1.29, 1.82) is 0 Å². The summed E-state index contributed by atoms with van der Waals surface area (Å²) in [6, 6.07) is 2.94. The highest BCUT2D eigenvalue weighted by atomic mass is 127. The van der Waals surface area contributed by atoms with E-state index < -0.39 is 0 Å². The van der Waals surface area contributed by atoms with Gasteiger partial charge >= 0.3 is 0 Å². The molecule has 0 saturated carbocycles. The Morgan fingerprint density at radius 1 is 1.53 bits per heavy atom. The van der Waals surface area contributed by atoms with Gasteiger partial charge < -0.3 is 10.5 Å². The van der Waals surface area contributed by atoms with Crippen LogP contribution in [0.1, 0.15) is 26.7 Å². The molecule has 0 bridgehead atoms. The number of benzene rings is 1. The molecule has 84 valence electrons. The fraction of sp³-hybridized carbons (Fsp3) is 0.455. The average Bonchev–Trinajstić information content (AvgIpc) is 2.14. The zero-order valence-electron chi connectivity index (χ0n) is 8.89. The third kappa shape index (κ3) is 3.52. The molecule has 0 aliphatic carbocycles. The van der Waals surface area contributed by atoms with E-state index in [1.54, 1.807) is 6.07 Å². The van der Waals surface area contributed by atoms with Gasteiger partial charge in [-0.3, -0.25) is 0 Å². The molecule has 0 aromatic heterocycles. The smallest absolute Gasteiger partial charge is 0.145 e. The predicted molar refractivity (Wildman–Crippen MR) is 68.5 cm³/mol. The minimum atomic E-state index is -0.288. The third-order valence-corrected chi connectivity index (χ3v) is 2.90. The molecule has 1 aromatic rings. The molecule has 15 heavy (non-hydrogen) atoms. The fourth-order valence-corrected chi connectivity index (χ4v) is 1.82. The van der Waals surface area contributed by atoms with E-state index in [-0.39, 0.29) is 11.9 Å². The van der Waals surface area contributed by atoms with Gasteiger partial charge in [-0.25, -0.2) is 4.39 Å². The zero-order valence-corrected chi connectivity index (χ0v) is 11.0. The van der Waals surface area contributed by atoms with E-state index in [1.807, 2.05) is 29.5 Å². The van der Waals surface area contributed by atoms with Crippen molar-refractivity contribution in [2.24, 2.45) is 0 Å². The maximum atomic E-state index is 13.3. The lowest BCUT2D eigenvalue weighted by Crippen LogP contribution is -2.12. The van der Waals surface area contributed by atoms with E-state index in [4.69, 9.17) is 10.5 Å². The lowest BCUT2D eigenvalue weighted by atomic mass is 10.2. The van der Waals surface area contributed by atoms with Crippen molar-refractivity contribution >= 4 is 28.3 Å². The van der Waals surface area contributed by atoms with Gasteiger partial charge in [-0.2, -0.15) is 0 Å². The monoisotopic (exact) mass is 323 g/mol. The Morgan fingerprint density at radius 2 is 2.20 bits per heavy atom. The Kier molecular flexibility index (Phi) is 4.63. The van der Waals surface area contributed by atoms with Gasteiger partial charge in [-0.1, -0.05) is 13.3 Å². The molecule has 2 N–H and O–H groups in total. The topological polar surface area (TPSA) is 35.2 Å². The standard InChI is InChI=1S/C11H15FINO/c1-3-4-7(2)15-11-5-8(12)9(13)6-10(11)14/h5-7H,3-4,14H2,1-2H3. The minimum absolute atomic E-state index is 0.0664. The van der Waals surface area contributed by atoms with Crippen molar-refractivity contribution in [3.63, 3.8) is 0 Å². The van der Waals surface area contributed by atoms with E-state index in [9.17, 15) is 4.39 Å². The first-order valence-corrected chi connectivity index (χ1v) is 6.03. The van der Waals surface area contributed by atoms with Crippen molar-refractivity contribution in [2.45, 2.75) is 32.8 Å². The summed E-state index contributed by atoms with van der Waals surface area (Å²) in [6.07, 6.45) is 2.04. The highest BCUT2D eigenvalue weighted by molar-refractivity contribution is 14.1. The highest BCUT2D eigenvalue weighted by Crippen LogP contribution is 2.27. The Bertz CT molecular complexity index is 344. The number of nitrogens with two attached hydrogens (primary N) is 1. The molecule has 0 radical (unpaired) electrons. The van der Waals surface area contributed by atoms with Crippen LogP contribution in [0.4, 0.5) is 10.1 Å².